The van der Waals surface area contributed by atoms with Crippen LogP contribution in [0.4, 0.5) is 5.69 Å². The number of benzene rings is 2. The molecule has 7 heteroatoms. The van der Waals surface area contributed by atoms with Crippen molar-refractivity contribution in [2.24, 2.45) is 0 Å². The minimum absolute atomic E-state index is 0.135. The van der Waals surface area contributed by atoms with Gasteiger partial charge in [0.05, 0.1) is 24.2 Å². The Morgan fingerprint density at radius 1 is 1.06 bits per heavy atom. The summed E-state index contributed by atoms with van der Waals surface area (Å²) in [6.45, 7) is 6.40. The van der Waals surface area contributed by atoms with Gasteiger partial charge < -0.3 is 14.4 Å². The van der Waals surface area contributed by atoms with E-state index in [0.29, 0.717) is 52.3 Å². The average Bonchev–Trinajstić information content (AvgIpc) is 3.06. The van der Waals surface area contributed by atoms with Crippen molar-refractivity contribution >= 4 is 34.8 Å². The first kappa shape index (κ1) is 22.3. The van der Waals surface area contributed by atoms with Gasteiger partial charge in [0.25, 0.3) is 5.91 Å². The lowest BCUT2D eigenvalue weighted by molar-refractivity contribution is 0.0845. The van der Waals surface area contributed by atoms with Crippen molar-refractivity contribution < 1.29 is 14.3 Å². The van der Waals surface area contributed by atoms with Crippen molar-refractivity contribution in [1.82, 2.24) is 4.90 Å². The molecule has 1 saturated heterocycles. The molecule has 31 heavy (non-hydrogen) atoms. The third kappa shape index (κ3) is 4.50. The van der Waals surface area contributed by atoms with Gasteiger partial charge in [-0.1, -0.05) is 29.6 Å². The van der Waals surface area contributed by atoms with E-state index in [1.165, 1.54) is 19.3 Å². The standard InChI is InChI=1S/C24H28Cl2N2O3/c1-15-5-4-6-16(2)27(15)9-10-31-22-13-19(7-8-21(22)30-3)28-14-17-11-18(25)12-20(26)23(17)24(28)29/h7-8,11-13,15-16H,4-6,9-10,14H2,1-3H3/t15-,16+. The lowest BCUT2D eigenvalue weighted by atomic mass is 9.98. The summed E-state index contributed by atoms with van der Waals surface area (Å²) in [5.74, 6) is 1.14. The normalized spacial score (nSPS) is 21.3. The van der Waals surface area contributed by atoms with Crippen molar-refractivity contribution in [3.8, 4) is 11.5 Å². The summed E-state index contributed by atoms with van der Waals surface area (Å²) in [5, 5.41) is 0.906. The van der Waals surface area contributed by atoms with Gasteiger partial charge in [0.2, 0.25) is 0 Å². The molecule has 5 nitrogen and oxygen atoms in total. The number of nitrogens with zero attached hydrogens (tertiary/aromatic N) is 2. The Morgan fingerprint density at radius 3 is 2.52 bits per heavy atom. The Kier molecular flexibility index (Phi) is 6.65. The van der Waals surface area contributed by atoms with Crippen LogP contribution in [0.1, 0.15) is 49.0 Å². The highest BCUT2D eigenvalue weighted by Gasteiger charge is 2.32. The van der Waals surface area contributed by atoms with Crippen molar-refractivity contribution in [2.75, 3.05) is 25.2 Å². The third-order valence-electron chi connectivity index (χ3n) is 6.37. The first-order chi connectivity index (χ1) is 14.9. The fraction of sp³-hybridized carbons (Fsp3) is 0.458. The number of methoxy groups -OCH3 is 1. The number of fused-ring (bicyclic) bond motifs is 1. The maximum atomic E-state index is 13.0. The van der Waals surface area contributed by atoms with Gasteiger partial charge in [-0.15, -0.1) is 0 Å². The molecule has 0 aromatic heterocycles. The van der Waals surface area contributed by atoms with E-state index in [0.717, 1.165) is 17.8 Å². The van der Waals surface area contributed by atoms with Gasteiger partial charge in [-0.25, -0.2) is 0 Å². The van der Waals surface area contributed by atoms with E-state index in [9.17, 15) is 4.79 Å². The third-order valence-corrected chi connectivity index (χ3v) is 6.88. The van der Waals surface area contributed by atoms with Gasteiger partial charge in [-0.05, 0) is 56.5 Å². The molecule has 166 valence electrons. The highest BCUT2D eigenvalue weighted by molar-refractivity contribution is 6.38. The summed E-state index contributed by atoms with van der Waals surface area (Å²) < 4.78 is 11.6. The second-order valence-electron chi connectivity index (χ2n) is 8.36. The number of anilines is 1. The molecule has 0 unspecified atom stereocenters. The zero-order valence-corrected chi connectivity index (χ0v) is 19.7. The van der Waals surface area contributed by atoms with Crippen molar-refractivity contribution in [3.63, 3.8) is 0 Å². The molecule has 2 atom stereocenters. The first-order valence-electron chi connectivity index (χ1n) is 10.8. The number of carbonyl (C=O) groups is 1. The highest BCUT2D eigenvalue weighted by atomic mass is 35.5. The number of piperidine rings is 1. The summed E-state index contributed by atoms with van der Waals surface area (Å²) >= 11 is 12.4. The highest BCUT2D eigenvalue weighted by Crippen LogP contribution is 2.38. The minimum atomic E-state index is -0.135. The Labute approximate surface area is 193 Å². The smallest absolute Gasteiger partial charge is 0.260 e. The van der Waals surface area contributed by atoms with Crippen LogP contribution < -0.4 is 14.4 Å². The fourth-order valence-electron chi connectivity index (χ4n) is 4.70. The maximum Gasteiger partial charge on any atom is 0.260 e. The summed E-state index contributed by atoms with van der Waals surface area (Å²) in [7, 11) is 1.62. The summed E-state index contributed by atoms with van der Waals surface area (Å²) in [6, 6.07) is 10.1. The topological polar surface area (TPSA) is 42.0 Å². The number of carbonyl (C=O) groups excluding carboxylic acids is 1. The molecule has 2 aromatic rings. The monoisotopic (exact) mass is 462 g/mol. The molecule has 0 aliphatic carbocycles. The molecule has 2 heterocycles. The Balaban J connectivity index is 1.50. The number of halogens is 2. The quantitative estimate of drug-likeness (QED) is 0.543. The van der Waals surface area contributed by atoms with Crippen LogP contribution in [0.2, 0.25) is 10.0 Å². The van der Waals surface area contributed by atoms with Crippen LogP contribution in [0.25, 0.3) is 0 Å². The predicted molar refractivity (Wildman–Crippen MR) is 125 cm³/mol. The number of likely N-dealkylation sites (tertiary alicyclic amines) is 1. The molecule has 0 bridgehead atoms. The van der Waals surface area contributed by atoms with Crippen LogP contribution in [0, 0.1) is 0 Å². The predicted octanol–water partition coefficient (Wildman–Crippen LogP) is 5.80. The van der Waals surface area contributed by atoms with Gasteiger partial charge in [0, 0.05) is 35.4 Å². The Bertz CT molecular complexity index is 972. The van der Waals surface area contributed by atoms with Crippen molar-refractivity contribution in [3.05, 3.63) is 51.5 Å². The number of rotatable bonds is 6. The molecular formula is C24H28Cl2N2O3. The molecule has 0 saturated carbocycles. The van der Waals surface area contributed by atoms with Crippen LogP contribution in [0.5, 0.6) is 11.5 Å². The number of amides is 1. The second kappa shape index (κ2) is 9.27. The summed E-state index contributed by atoms with van der Waals surface area (Å²) in [4.78, 5) is 17.2. The molecule has 0 spiro atoms. The van der Waals surface area contributed by atoms with Gasteiger partial charge in [-0.3, -0.25) is 9.69 Å². The van der Waals surface area contributed by atoms with Crippen LogP contribution >= 0.6 is 23.2 Å². The van der Waals surface area contributed by atoms with Crippen LogP contribution in [0.3, 0.4) is 0 Å². The molecule has 2 aliphatic rings. The maximum absolute atomic E-state index is 13.0. The van der Waals surface area contributed by atoms with Crippen molar-refractivity contribution in [1.29, 1.82) is 0 Å². The Morgan fingerprint density at radius 2 is 1.81 bits per heavy atom. The zero-order chi connectivity index (χ0) is 22.1. The second-order valence-corrected chi connectivity index (χ2v) is 9.21. The number of hydrogen-bond acceptors (Lipinski definition) is 4. The van der Waals surface area contributed by atoms with E-state index in [-0.39, 0.29) is 5.91 Å². The SMILES string of the molecule is COc1ccc(N2Cc3cc(Cl)cc(Cl)c3C2=O)cc1OCCN1[C@H](C)CCC[C@@H]1C. The molecule has 0 N–H and O–H groups in total. The van der Waals surface area contributed by atoms with Crippen LogP contribution in [-0.4, -0.2) is 43.2 Å². The molecule has 2 aliphatic heterocycles. The van der Waals surface area contributed by atoms with E-state index in [1.54, 1.807) is 24.1 Å². The number of hydrogen-bond donors (Lipinski definition) is 0. The molecule has 2 aromatic carbocycles. The van der Waals surface area contributed by atoms with E-state index in [4.69, 9.17) is 32.7 Å². The van der Waals surface area contributed by atoms with Gasteiger partial charge in [0.1, 0.15) is 6.61 Å². The molecule has 1 amide bonds. The minimum Gasteiger partial charge on any atom is -0.493 e. The summed E-state index contributed by atoms with van der Waals surface area (Å²) in [5.41, 5.74) is 2.08. The van der Waals surface area contributed by atoms with Crippen LogP contribution in [0.15, 0.2) is 30.3 Å². The fourth-order valence-corrected chi connectivity index (χ4v) is 5.32. The first-order valence-corrected chi connectivity index (χ1v) is 11.5. The summed E-state index contributed by atoms with van der Waals surface area (Å²) in [6.07, 6.45) is 3.75. The molecule has 1 fully saturated rings. The molecular weight excluding hydrogens is 435 g/mol. The van der Waals surface area contributed by atoms with E-state index < -0.39 is 0 Å². The van der Waals surface area contributed by atoms with E-state index in [1.807, 2.05) is 18.2 Å². The van der Waals surface area contributed by atoms with Gasteiger partial charge >= 0.3 is 0 Å². The number of ether oxygens (including phenoxy) is 2. The zero-order valence-electron chi connectivity index (χ0n) is 18.2. The molecule has 0 radical (unpaired) electrons. The van der Waals surface area contributed by atoms with Gasteiger partial charge in [-0.2, -0.15) is 0 Å². The van der Waals surface area contributed by atoms with Gasteiger partial charge in [0.15, 0.2) is 11.5 Å². The lowest BCUT2D eigenvalue weighted by Gasteiger charge is -2.38. The largest absolute Gasteiger partial charge is 0.493 e. The Hall–Kier alpha value is -1.95. The van der Waals surface area contributed by atoms with E-state index in [2.05, 4.69) is 18.7 Å². The lowest BCUT2D eigenvalue weighted by Crippen LogP contribution is -2.45. The average molecular weight is 463 g/mol. The molecule has 4 rings (SSSR count). The van der Waals surface area contributed by atoms with Crippen molar-refractivity contribution in [2.45, 2.75) is 51.7 Å². The van der Waals surface area contributed by atoms with Crippen LogP contribution in [-0.2, 0) is 6.54 Å². The van der Waals surface area contributed by atoms with E-state index >= 15 is 0 Å².